The van der Waals surface area contributed by atoms with Crippen LogP contribution in [0.1, 0.15) is 39.7 Å². The van der Waals surface area contributed by atoms with E-state index < -0.39 is 0 Å². The second-order valence-electron chi connectivity index (χ2n) is 11.4. The minimum atomic E-state index is -0.218. The monoisotopic (exact) mass is 584 g/mol. The lowest BCUT2D eigenvalue weighted by Crippen LogP contribution is -2.33. The molecule has 3 heterocycles. The Morgan fingerprint density at radius 3 is 2.32 bits per heavy atom. The van der Waals surface area contributed by atoms with Gasteiger partial charge in [0.1, 0.15) is 12.0 Å². The van der Waals surface area contributed by atoms with Crippen LogP contribution in [-0.2, 0) is 6.42 Å². The van der Waals surface area contributed by atoms with Crippen molar-refractivity contribution < 1.29 is 0 Å². The highest BCUT2D eigenvalue weighted by Crippen LogP contribution is 2.44. The van der Waals surface area contributed by atoms with Gasteiger partial charge in [0, 0.05) is 42.6 Å². The third-order valence-corrected chi connectivity index (χ3v) is 9.90. The lowest BCUT2D eigenvalue weighted by molar-refractivity contribution is 0.674. The Labute approximate surface area is 259 Å². The summed E-state index contributed by atoms with van der Waals surface area (Å²) in [5, 5.41) is 7.64. The van der Waals surface area contributed by atoms with Crippen LogP contribution in [0.2, 0.25) is 0 Å². The molecule has 5 heteroatoms. The van der Waals surface area contributed by atoms with Crippen LogP contribution in [0.3, 0.4) is 0 Å². The fraction of sp³-hybridized carbons (Fsp3) is 0.0769. The lowest BCUT2D eigenvalue weighted by atomic mass is 9.98. The normalized spacial score (nSPS) is 16.1. The molecule has 5 aromatic carbocycles. The van der Waals surface area contributed by atoms with Gasteiger partial charge in [0.15, 0.2) is 5.84 Å². The fourth-order valence-corrected chi connectivity index (χ4v) is 7.89. The molecule has 1 atom stereocenters. The highest BCUT2D eigenvalue weighted by atomic mass is 32.1. The first-order valence-corrected chi connectivity index (χ1v) is 15.9. The minimum Gasteiger partial charge on any atom is -0.344 e. The summed E-state index contributed by atoms with van der Waals surface area (Å²) in [6.07, 6.45) is 6.61. The topological polar surface area (TPSA) is 41.7 Å². The number of allylic oxidation sites excluding steroid dienone is 1. The Morgan fingerprint density at radius 1 is 0.705 bits per heavy atom. The number of nitrogens with one attached hydrogen (secondary N) is 1. The van der Waals surface area contributed by atoms with Crippen LogP contribution >= 0.6 is 11.3 Å². The minimum absolute atomic E-state index is 0.218. The maximum atomic E-state index is 5.07. The van der Waals surface area contributed by atoms with Crippen molar-refractivity contribution in [2.75, 3.05) is 0 Å². The van der Waals surface area contributed by atoms with E-state index in [-0.39, 0.29) is 6.17 Å². The first kappa shape index (κ1) is 25.3. The third kappa shape index (κ3) is 4.04. The molecule has 1 N–H and O–H groups in total. The molecular formula is C39H28N4S. The zero-order chi connectivity index (χ0) is 29.0. The van der Waals surface area contributed by atoms with Gasteiger partial charge in [-0.3, -0.25) is 0 Å². The zero-order valence-electron chi connectivity index (χ0n) is 23.9. The summed E-state index contributed by atoms with van der Waals surface area (Å²) in [4.78, 5) is 11.5. The van der Waals surface area contributed by atoms with E-state index in [2.05, 4.69) is 119 Å². The van der Waals surface area contributed by atoms with Gasteiger partial charge in [0.05, 0.1) is 11.0 Å². The number of nitrogens with zero attached hydrogens (tertiary/aromatic N) is 3. The van der Waals surface area contributed by atoms with Gasteiger partial charge in [-0.1, -0.05) is 84.9 Å². The van der Waals surface area contributed by atoms with Crippen molar-refractivity contribution in [2.24, 2.45) is 9.98 Å². The van der Waals surface area contributed by atoms with Crippen LogP contribution in [0.15, 0.2) is 137 Å². The number of rotatable bonds is 4. The van der Waals surface area contributed by atoms with E-state index >= 15 is 0 Å². The van der Waals surface area contributed by atoms with E-state index in [0.717, 1.165) is 46.9 Å². The Kier molecular flexibility index (Phi) is 5.84. The number of hydrogen-bond donors (Lipinski definition) is 1. The molecule has 0 saturated heterocycles. The lowest BCUT2D eigenvalue weighted by Gasteiger charge is -2.23. The van der Waals surface area contributed by atoms with Crippen molar-refractivity contribution in [3.05, 3.63) is 155 Å². The van der Waals surface area contributed by atoms with Crippen LogP contribution in [-0.4, -0.2) is 16.2 Å². The van der Waals surface area contributed by atoms with Crippen LogP contribution in [0, 0.1) is 0 Å². The second-order valence-corrected chi connectivity index (χ2v) is 12.4. The number of fused-ring (bicyclic) bond motifs is 7. The van der Waals surface area contributed by atoms with Gasteiger partial charge in [-0.15, -0.1) is 11.3 Å². The van der Waals surface area contributed by atoms with E-state index in [1.807, 2.05) is 35.6 Å². The molecule has 0 saturated carbocycles. The number of amidine groups is 2. The largest absolute Gasteiger partial charge is 0.344 e. The number of aliphatic imine (C=N–C) groups is 2. The van der Waals surface area contributed by atoms with E-state index in [1.54, 1.807) is 0 Å². The molecule has 1 aliphatic carbocycles. The van der Waals surface area contributed by atoms with Gasteiger partial charge in [-0.05, 0) is 72.5 Å². The number of para-hydroxylation sites is 1. The maximum absolute atomic E-state index is 5.07. The smallest absolute Gasteiger partial charge is 0.159 e. The van der Waals surface area contributed by atoms with E-state index in [0.29, 0.717) is 0 Å². The second kappa shape index (κ2) is 10.2. The molecule has 1 aliphatic heterocycles. The maximum Gasteiger partial charge on any atom is 0.159 e. The average Bonchev–Trinajstić information content (AvgIpc) is 3.64. The van der Waals surface area contributed by atoms with Gasteiger partial charge in [-0.25, -0.2) is 9.98 Å². The molecular weight excluding hydrogens is 557 g/mol. The van der Waals surface area contributed by atoms with Gasteiger partial charge in [-0.2, -0.15) is 0 Å². The fourth-order valence-electron chi connectivity index (χ4n) is 6.70. The molecule has 44 heavy (non-hydrogen) atoms. The van der Waals surface area contributed by atoms with E-state index in [9.17, 15) is 0 Å². The molecule has 2 aromatic heterocycles. The number of benzene rings is 5. The first-order chi connectivity index (χ1) is 21.8. The van der Waals surface area contributed by atoms with E-state index in [1.165, 1.54) is 42.3 Å². The summed E-state index contributed by atoms with van der Waals surface area (Å²) in [6.45, 7) is 0. The molecule has 7 aromatic rings. The SMILES string of the molecule is C1=Cc2sc3ccc4c(c5ccccc5n4-c4ccc(C5=NC(c6ccccc6)NC(c6ccccc6)=N5)cc4)c3c2CC1. The Balaban J connectivity index is 1.18. The summed E-state index contributed by atoms with van der Waals surface area (Å²) in [5.41, 5.74) is 8.24. The molecule has 4 nitrogen and oxygen atoms in total. The number of aryl methyl sites for hydroxylation is 1. The molecule has 0 bridgehead atoms. The van der Waals surface area contributed by atoms with Crippen molar-refractivity contribution in [1.82, 2.24) is 9.88 Å². The first-order valence-electron chi connectivity index (χ1n) is 15.1. The van der Waals surface area contributed by atoms with E-state index in [4.69, 9.17) is 9.98 Å². The Hall–Kier alpha value is -5.26. The molecule has 2 aliphatic rings. The van der Waals surface area contributed by atoms with Crippen molar-refractivity contribution >= 4 is 61.0 Å². The molecule has 0 spiro atoms. The standard InChI is InChI=1S/C39H28N4S/c1-3-11-25(12-4-1)37-40-38(26-13-5-2-6-14-26)42-39(41-37)27-19-21-28(22-20-27)43-31-17-9-7-15-29(31)35-32(43)23-24-34-36(35)30-16-8-10-18-33(30)44-34/h1-7,9-15,17-24,37H,8,16H2,(H,40,41,42). The number of hydrogen-bond acceptors (Lipinski definition) is 4. The molecule has 1 unspecified atom stereocenters. The third-order valence-electron chi connectivity index (χ3n) is 8.74. The van der Waals surface area contributed by atoms with Crippen LogP contribution in [0.4, 0.5) is 0 Å². The molecule has 0 radical (unpaired) electrons. The van der Waals surface area contributed by atoms with Crippen LogP contribution in [0.25, 0.3) is 43.7 Å². The summed E-state index contributed by atoms with van der Waals surface area (Å²) in [6, 6.07) is 42.8. The Bertz CT molecular complexity index is 2290. The number of aromatic nitrogens is 1. The summed E-state index contributed by atoms with van der Waals surface area (Å²) in [5.74, 6) is 1.55. The van der Waals surface area contributed by atoms with Crippen molar-refractivity contribution in [3.8, 4) is 5.69 Å². The highest BCUT2D eigenvalue weighted by Gasteiger charge is 2.22. The van der Waals surface area contributed by atoms with Crippen molar-refractivity contribution in [1.29, 1.82) is 0 Å². The molecule has 9 rings (SSSR count). The molecule has 0 amide bonds. The molecule has 0 fully saturated rings. The Morgan fingerprint density at radius 2 is 1.48 bits per heavy atom. The van der Waals surface area contributed by atoms with Crippen LogP contribution in [0.5, 0.6) is 0 Å². The van der Waals surface area contributed by atoms with Gasteiger partial charge in [0.25, 0.3) is 0 Å². The summed E-state index contributed by atoms with van der Waals surface area (Å²) < 4.78 is 3.78. The van der Waals surface area contributed by atoms with Gasteiger partial charge in [0.2, 0.25) is 0 Å². The summed E-state index contributed by atoms with van der Waals surface area (Å²) >= 11 is 1.92. The zero-order valence-corrected chi connectivity index (χ0v) is 24.8. The summed E-state index contributed by atoms with van der Waals surface area (Å²) in [7, 11) is 0. The highest BCUT2D eigenvalue weighted by molar-refractivity contribution is 7.20. The number of thiophene rings is 1. The predicted octanol–water partition coefficient (Wildman–Crippen LogP) is 9.45. The quantitative estimate of drug-likeness (QED) is 0.220. The van der Waals surface area contributed by atoms with Crippen molar-refractivity contribution in [3.63, 3.8) is 0 Å². The van der Waals surface area contributed by atoms with Crippen LogP contribution < -0.4 is 5.32 Å². The molecule has 210 valence electrons. The van der Waals surface area contributed by atoms with Gasteiger partial charge >= 0.3 is 0 Å². The predicted molar refractivity (Wildman–Crippen MR) is 185 cm³/mol. The average molecular weight is 585 g/mol. The van der Waals surface area contributed by atoms with Gasteiger partial charge < -0.3 is 9.88 Å². The van der Waals surface area contributed by atoms with Crippen molar-refractivity contribution in [2.45, 2.75) is 19.0 Å².